The maximum Gasteiger partial charge on any atom is 0.0916 e. The molecule has 0 spiro atoms. The van der Waals surface area contributed by atoms with Gasteiger partial charge in [-0.1, -0.05) is 24.3 Å². The Morgan fingerprint density at radius 1 is 1.10 bits per heavy atom. The van der Waals surface area contributed by atoms with E-state index in [4.69, 9.17) is 15.2 Å². The van der Waals surface area contributed by atoms with Crippen molar-refractivity contribution in [3.05, 3.63) is 35.4 Å². The van der Waals surface area contributed by atoms with Crippen molar-refractivity contribution >= 4 is 0 Å². The number of rotatable bonds is 10. The first-order chi connectivity index (χ1) is 9.71. The quantitative estimate of drug-likeness (QED) is 0.663. The van der Waals surface area contributed by atoms with Gasteiger partial charge in [0.25, 0.3) is 0 Å². The van der Waals surface area contributed by atoms with Crippen LogP contribution < -0.4 is 5.73 Å². The molecule has 1 atom stereocenters. The van der Waals surface area contributed by atoms with Gasteiger partial charge in [-0.2, -0.15) is 0 Å². The standard InChI is InChI=1S/C15H26N2O3/c1-19-9-7-17(8-10-20-2)12-15(18)14-5-3-13(11-16)4-6-14/h3-6,15,18H,7-12,16H2,1-2H3. The molecule has 5 heteroatoms. The van der Waals surface area contributed by atoms with E-state index in [-0.39, 0.29) is 0 Å². The van der Waals surface area contributed by atoms with E-state index in [2.05, 4.69) is 4.90 Å². The van der Waals surface area contributed by atoms with Crippen LogP contribution in [0.2, 0.25) is 0 Å². The molecule has 20 heavy (non-hydrogen) atoms. The molecule has 3 N–H and O–H groups in total. The fourth-order valence-corrected chi connectivity index (χ4v) is 1.96. The minimum Gasteiger partial charge on any atom is -0.387 e. The third-order valence-electron chi connectivity index (χ3n) is 3.25. The molecule has 0 bridgehead atoms. The topological polar surface area (TPSA) is 68.0 Å². The zero-order chi connectivity index (χ0) is 14.8. The molecule has 1 aromatic carbocycles. The Kier molecular flexibility index (Phi) is 8.41. The lowest BCUT2D eigenvalue weighted by atomic mass is 10.1. The van der Waals surface area contributed by atoms with Crippen LogP contribution >= 0.6 is 0 Å². The molecule has 1 unspecified atom stereocenters. The van der Waals surface area contributed by atoms with Crippen molar-refractivity contribution in [3.8, 4) is 0 Å². The number of benzene rings is 1. The van der Waals surface area contributed by atoms with E-state index in [1.54, 1.807) is 14.2 Å². The van der Waals surface area contributed by atoms with Crippen LogP contribution in [0.15, 0.2) is 24.3 Å². The Balaban J connectivity index is 2.55. The van der Waals surface area contributed by atoms with Gasteiger partial charge in [0.2, 0.25) is 0 Å². The normalized spacial score (nSPS) is 12.8. The van der Waals surface area contributed by atoms with E-state index in [1.807, 2.05) is 24.3 Å². The van der Waals surface area contributed by atoms with E-state index >= 15 is 0 Å². The summed E-state index contributed by atoms with van der Waals surface area (Å²) in [6.45, 7) is 3.92. The molecule has 0 saturated carbocycles. The third kappa shape index (κ3) is 5.98. The van der Waals surface area contributed by atoms with E-state index in [0.29, 0.717) is 26.3 Å². The lowest BCUT2D eigenvalue weighted by Crippen LogP contribution is -2.34. The summed E-state index contributed by atoms with van der Waals surface area (Å²) in [6.07, 6.45) is -0.518. The Labute approximate surface area is 121 Å². The molecule has 5 nitrogen and oxygen atoms in total. The number of nitrogens with zero attached hydrogens (tertiary/aromatic N) is 1. The number of hydrogen-bond donors (Lipinski definition) is 2. The molecule has 0 radical (unpaired) electrons. The molecule has 1 rings (SSSR count). The predicted molar refractivity (Wildman–Crippen MR) is 79.5 cm³/mol. The molecular weight excluding hydrogens is 256 g/mol. The fourth-order valence-electron chi connectivity index (χ4n) is 1.96. The number of hydrogen-bond acceptors (Lipinski definition) is 5. The molecular formula is C15H26N2O3. The summed E-state index contributed by atoms with van der Waals surface area (Å²) >= 11 is 0. The van der Waals surface area contributed by atoms with Crippen LogP contribution in [-0.4, -0.2) is 57.1 Å². The highest BCUT2D eigenvalue weighted by molar-refractivity contribution is 5.24. The van der Waals surface area contributed by atoms with Crippen LogP contribution in [0.3, 0.4) is 0 Å². The molecule has 0 fully saturated rings. The summed E-state index contributed by atoms with van der Waals surface area (Å²) < 4.78 is 10.2. The van der Waals surface area contributed by atoms with E-state index in [0.717, 1.165) is 24.2 Å². The highest BCUT2D eigenvalue weighted by Gasteiger charge is 2.13. The first kappa shape index (κ1) is 17.1. The SMILES string of the molecule is COCCN(CCOC)CC(O)c1ccc(CN)cc1. The smallest absolute Gasteiger partial charge is 0.0916 e. The molecule has 0 saturated heterocycles. The number of aliphatic hydroxyl groups is 1. The van der Waals surface area contributed by atoms with Crippen molar-refractivity contribution in [2.75, 3.05) is 47.1 Å². The summed E-state index contributed by atoms with van der Waals surface area (Å²) in [4.78, 5) is 2.13. The summed E-state index contributed by atoms with van der Waals surface area (Å²) in [7, 11) is 3.35. The Morgan fingerprint density at radius 3 is 2.10 bits per heavy atom. The predicted octanol–water partition coefficient (Wildman–Crippen LogP) is 0.774. The lowest BCUT2D eigenvalue weighted by molar-refractivity contribution is 0.0697. The van der Waals surface area contributed by atoms with Gasteiger partial charge < -0.3 is 20.3 Å². The van der Waals surface area contributed by atoms with Gasteiger partial charge in [-0.15, -0.1) is 0 Å². The first-order valence-corrected chi connectivity index (χ1v) is 6.88. The van der Waals surface area contributed by atoms with Gasteiger partial charge in [0.1, 0.15) is 0 Å². The van der Waals surface area contributed by atoms with Crippen molar-refractivity contribution in [2.45, 2.75) is 12.6 Å². The van der Waals surface area contributed by atoms with Crippen LogP contribution in [0.5, 0.6) is 0 Å². The molecule has 114 valence electrons. The second-order valence-corrected chi connectivity index (χ2v) is 4.75. The maximum absolute atomic E-state index is 10.3. The summed E-state index contributed by atoms with van der Waals surface area (Å²) in [5.74, 6) is 0. The summed E-state index contributed by atoms with van der Waals surface area (Å²) in [5, 5.41) is 10.3. The van der Waals surface area contributed by atoms with Crippen LogP contribution in [0, 0.1) is 0 Å². The number of aliphatic hydroxyl groups excluding tert-OH is 1. The Hall–Kier alpha value is -0.980. The molecule has 0 heterocycles. The van der Waals surface area contributed by atoms with Gasteiger partial charge in [0.05, 0.1) is 19.3 Å². The van der Waals surface area contributed by atoms with E-state index < -0.39 is 6.10 Å². The van der Waals surface area contributed by atoms with Crippen molar-refractivity contribution < 1.29 is 14.6 Å². The Bertz CT molecular complexity index is 349. The minimum atomic E-state index is -0.518. The zero-order valence-corrected chi connectivity index (χ0v) is 12.4. The minimum absolute atomic E-state index is 0.518. The van der Waals surface area contributed by atoms with Crippen molar-refractivity contribution in [2.24, 2.45) is 5.73 Å². The van der Waals surface area contributed by atoms with E-state index in [9.17, 15) is 5.11 Å². The summed E-state index contributed by atoms with van der Waals surface area (Å²) in [5.41, 5.74) is 7.54. The van der Waals surface area contributed by atoms with Crippen LogP contribution in [0.1, 0.15) is 17.2 Å². The molecule has 0 aromatic heterocycles. The van der Waals surface area contributed by atoms with Gasteiger partial charge >= 0.3 is 0 Å². The van der Waals surface area contributed by atoms with Gasteiger partial charge in [-0.05, 0) is 11.1 Å². The van der Waals surface area contributed by atoms with Crippen LogP contribution in [0.4, 0.5) is 0 Å². The highest BCUT2D eigenvalue weighted by atomic mass is 16.5. The third-order valence-corrected chi connectivity index (χ3v) is 3.25. The van der Waals surface area contributed by atoms with Gasteiger partial charge in [0.15, 0.2) is 0 Å². The van der Waals surface area contributed by atoms with Gasteiger partial charge in [-0.3, -0.25) is 4.90 Å². The van der Waals surface area contributed by atoms with Gasteiger partial charge in [-0.25, -0.2) is 0 Å². The second-order valence-electron chi connectivity index (χ2n) is 4.75. The average Bonchev–Trinajstić information content (AvgIpc) is 2.49. The van der Waals surface area contributed by atoms with Crippen molar-refractivity contribution in [1.82, 2.24) is 4.90 Å². The zero-order valence-electron chi connectivity index (χ0n) is 12.4. The first-order valence-electron chi connectivity index (χ1n) is 6.88. The second kappa shape index (κ2) is 9.85. The fraction of sp³-hybridized carbons (Fsp3) is 0.600. The number of ether oxygens (including phenoxy) is 2. The Morgan fingerprint density at radius 2 is 1.65 bits per heavy atom. The maximum atomic E-state index is 10.3. The summed E-state index contributed by atoms with van der Waals surface area (Å²) in [6, 6.07) is 7.76. The van der Waals surface area contributed by atoms with Crippen molar-refractivity contribution in [3.63, 3.8) is 0 Å². The lowest BCUT2D eigenvalue weighted by Gasteiger charge is -2.24. The van der Waals surface area contributed by atoms with Gasteiger partial charge in [0, 0.05) is 40.4 Å². The molecule has 1 aromatic rings. The van der Waals surface area contributed by atoms with Crippen LogP contribution in [-0.2, 0) is 16.0 Å². The molecule has 0 amide bonds. The molecule has 0 aliphatic rings. The largest absolute Gasteiger partial charge is 0.387 e. The van der Waals surface area contributed by atoms with Crippen molar-refractivity contribution in [1.29, 1.82) is 0 Å². The van der Waals surface area contributed by atoms with Crippen LogP contribution in [0.25, 0.3) is 0 Å². The highest BCUT2D eigenvalue weighted by Crippen LogP contribution is 2.15. The average molecular weight is 282 g/mol. The monoisotopic (exact) mass is 282 g/mol. The van der Waals surface area contributed by atoms with E-state index in [1.165, 1.54) is 0 Å². The number of methoxy groups -OCH3 is 2. The molecule has 0 aliphatic carbocycles. The molecule has 0 aliphatic heterocycles. The number of nitrogens with two attached hydrogens (primary N) is 1.